The fraction of sp³-hybridized carbons (Fsp3) is 0.765. The molecule has 1 aromatic heterocycles. The number of urea groups is 1. The van der Waals surface area contributed by atoms with E-state index < -0.39 is 0 Å². The van der Waals surface area contributed by atoms with E-state index in [0.29, 0.717) is 5.92 Å². The fourth-order valence-corrected chi connectivity index (χ4v) is 3.53. The number of carbonyl (C=O) groups is 1. The molecule has 7 nitrogen and oxygen atoms in total. The Balaban J connectivity index is 1.49. The van der Waals surface area contributed by atoms with Crippen LogP contribution in [0.1, 0.15) is 25.5 Å². The third kappa shape index (κ3) is 4.27. The number of aryl methyl sites for hydroxylation is 2. The molecule has 0 aliphatic carbocycles. The van der Waals surface area contributed by atoms with Gasteiger partial charge in [0, 0.05) is 45.8 Å². The third-order valence-corrected chi connectivity index (χ3v) is 4.86. The van der Waals surface area contributed by atoms with Gasteiger partial charge >= 0.3 is 6.03 Å². The Morgan fingerprint density at radius 1 is 1.38 bits per heavy atom. The van der Waals surface area contributed by atoms with Crippen molar-refractivity contribution in [2.45, 2.75) is 26.2 Å². The molecule has 1 atom stereocenters. The van der Waals surface area contributed by atoms with E-state index in [2.05, 4.69) is 22.2 Å². The van der Waals surface area contributed by atoms with Crippen LogP contribution in [0.25, 0.3) is 0 Å². The summed E-state index contributed by atoms with van der Waals surface area (Å²) >= 11 is 0. The highest BCUT2D eigenvalue weighted by atomic mass is 16.5. The van der Waals surface area contributed by atoms with E-state index in [1.165, 1.54) is 0 Å². The lowest BCUT2D eigenvalue weighted by Gasteiger charge is -2.29. The summed E-state index contributed by atoms with van der Waals surface area (Å²) in [5.41, 5.74) is 1.03. The number of rotatable bonds is 5. The van der Waals surface area contributed by atoms with Crippen molar-refractivity contribution in [2.75, 3.05) is 51.3 Å². The van der Waals surface area contributed by atoms with Gasteiger partial charge in [0.1, 0.15) is 5.82 Å². The Bertz CT molecular complexity index is 553. The van der Waals surface area contributed by atoms with Crippen LogP contribution in [0.4, 0.5) is 10.6 Å². The molecule has 2 aliphatic rings. The monoisotopic (exact) mass is 335 g/mol. The number of anilines is 1. The highest BCUT2D eigenvalue weighted by molar-refractivity contribution is 5.88. The number of ether oxygens (including phenoxy) is 1. The molecule has 3 rings (SSSR count). The number of likely N-dealkylation sites (tertiary alicyclic amines) is 1. The van der Waals surface area contributed by atoms with Gasteiger partial charge < -0.3 is 9.64 Å². The normalized spacial score (nSPS) is 22.1. The second kappa shape index (κ2) is 7.98. The Morgan fingerprint density at radius 2 is 2.17 bits per heavy atom. The zero-order valence-corrected chi connectivity index (χ0v) is 14.8. The highest BCUT2D eigenvalue weighted by Gasteiger charge is 2.28. The molecular weight excluding hydrogens is 306 g/mol. The Morgan fingerprint density at radius 3 is 2.92 bits per heavy atom. The molecule has 2 amide bonds. The van der Waals surface area contributed by atoms with Crippen LogP contribution >= 0.6 is 0 Å². The fourth-order valence-electron chi connectivity index (χ4n) is 3.53. The van der Waals surface area contributed by atoms with Gasteiger partial charge in [0.25, 0.3) is 0 Å². The van der Waals surface area contributed by atoms with Gasteiger partial charge in [-0.1, -0.05) is 13.3 Å². The van der Waals surface area contributed by atoms with Crippen molar-refractivity contribution in [1.29, 1.82) is 0 Å². The number of hydrogen-bond donors (Lipinski definition) is 1. The van der Waals surface area contributed by atoms with Crippen LogP contribution in [0.3, 0.4) is 0 Å². The molecular formula is C17H29N5O2. The Labute approximate surface area is 143 Å². The topological polar surface area (TPSA) is 62.6 Å². The Kier molecular flexibility index (Phi) is 5.73. The summed E-state index contributed by atoms with van der Waals surface area (Å²) in [4.78, 5) is 16.9. The average Bonchev–Trinajstić information content (AvgIpc) is 3.16. The largest absolute Gasteiger partial charge is 0.379 e. The van der Waals surface area contributed by atoms with Gasteiger partial charge in [-0.2, -0.15) is 5.10 Å². The average molecular weight is 335 g/mol. The minimum atomic E-state index is -0.00877. The van der Waals surface area contributed by atoms with Gasteiger partial charge in [0.05, 0.1) is 18.9 Å². The number of hydrogen-bond acceptors (Lipinski definition) is 4. The van der Waals surface area contributed by atoms with Crippen LogP contribution in [0.15, 0.2) is 6.07 Å². The number of amides is 2. The van der Waals surface area contributed by atoms with Gasteiger partial charge in [-0.25, -0.2) is 4.79 Å². The summed E-state index contributed by atoms with van der Waals surface area (Å²) in [6.45, 7) is 8.56. The molecule has 1 unspecified atom stereocenters. The zero-order chi connectivity index (χ0) is 16.9. The molecule has 2 aliphatic heterocycles. The van der Waals surface area contributed by atoms with Crippen molar-refractivity contribution >= 4 is 11.8 Å². The quantitative estimate of drug-likeness (QED) is 0.887. The maximum absolute atomic E-state index is 12.5. The first-order chi connectivity index (χ1) is 11.7. The molecule has 0 aromatic carbocycles. The van der Waals surface area contributed by atoms with E-state index in [1.807, 2.05) is 18.0 Å². The smallest absolute Gasteiger partial charge is 0.323 e. The molecule has 0 spiro atoms. The first-order valence-electron chi connectivity index (χ1n) is 9.04. The number of nitrogens with zero attached hydrogens (tertiary/aromatic N) is 4. The molecule has 7 heteroatoms. The van der Waals surface area contributed by atoms with Crippen molar-refractivity contribution in [2.24, 2.45) is 13.0 Å². The minimum absolute atomic E-state index is 0.00877. The molecule has 1 aromatic rings. The summed E-state index contributed by atoms with van der Waals surface area (Å²) in [6.07, 6.45) is 3.08. The summed E-state index contributed by atoms with van der Waals surface area (Å²) in [7, 11) is 1.87. The molecule has 0 bridgehead atoms. The summed E-state index contributed by atoms with van der Waals surface area (Å²) in [6, 6.07) is 1.97. The van der Waals surface area contributed by atoms with Gasteiger partial charge in [0.2, 0.25) is 0 Å². The highest BCUT2D eigenvalue weighted by Crippen LogP contribution is 2.20. The first kappa shape index (κ1) is 17.2. The second-order valence-corrected chi connectivity index (χ2v) is 6.84. The van der Waals surface area contributed by atoms with Crippen molar-refractivity contribution in [1.82, 2.24) is 19.6 Å². The van der Waals surface area contributed by atoms with E-state index in [0.717, 1.165) is 76.7 Å². The number of carbonyl (C=O) groups excluding carboxylic acids is 1. The minimum Gasteiger partial charge on any atom is -0.379 e. The SMILES string of the molecule is CCCc1cc(NC(=O)N2CCC(CN3CCOCC3)C2)n(C)n1. The van der Waals surface area contributed by atoms with Crippen LogP contribution in [-0.2, 0) is 18.2 Å². The van der Waals surface area contributed by atoms with Crippen molar-refractivity contribution < 1.29 is 9.53 Å². The van der Waals surface area contributed by atoms with Crippen LogP contribution < -0.4 is 5.32 Å². The van der Waals surface area contributed by atoms with Gasteiger partial charge in [0.15, 0.2) is 0 Å². The summed E-state index contributed by atoms with van der Waals surface area (Å²) in [5.74, 6) is 1.34. The van der Waals surface area contributed by atoms with Gasteiger partial charge in [-0.15, -0.1) is 0 Å². The van der Waals surface area contributed by atoms with E-state index in [4.69, 9.17) is 4.74 Å². The van der Waals surface area contributed by atoms with E-state index in [9.17, 15) is 4.79 Å². The van der Waals surface area contributed by atoms with Gasteiger partial charge in [-0.3, -0.25) is 14.9 Å². The van der Waals surface area contributed by atoms with Gasteiger partial charge in [-0.05, 0) is 18.8 Å². The van der Waals surface area contributed by atoms with E-state index >= 15 is 0 Å². The van der Waals surface area contributed by atoms with E-state index in [-0.39, 0.29) is 6.03 Å². The maximum atomic E-state index is 12.5. The molecule has 3 heterocycles. The van der Waals surface area contributed by atoms with Crippen LogP contribution in [0.5, 0.6) is 0 Å². The van der Waals surface area contributed by atoms with Crippen molar-refractivity contribution in [3.63, 3.8) is 0 Å². The Hall–Kier alpha value is -1.60. The lowest BCUT2D eigenvalue weighted by atomic mass is 10.1. The first-order valence-corrected chi connectivity index (χ1v) is 9.04. The molecule has 0 radical (unpaired) electrons. The molecule has 1 N–H and O–H groups in total. The van der Waals surface area contributed by atoms with Crippen molar-refractivity contribution in [3.8, 4) is 0 Å². The zero-order valence-electron chi connectivity index (χ0n) is 14.8. The van der Waals surface area contributed by atoms with Crippen LogP contribution in [0.2, 0.25) is 0 Å². The molecule has 2 fully saturated rings. The summed E-state index contributed by atoms with van der Waals surface area (Å²) < 4.78 is 7.15. The predicted molar refractivity (Wildman–Crippen MR) is 93.2 cm³/mol. The number of nitrogens with one attached hydrogen (secondary N) is 1. The lowest BCUT2D eigenvalue weighted by molar-refractivity contribution is 0.0314. The number of aromatic nitrogens is 2. The predicted octanol–water partition coefficient (Wildman–Crippen LogP) is 1.56. The standard InChI is InChI=1S/C17H29N5O2/c1-3-4-15-11-16(20(2)19-15)18-17(23)22-6-5-14(13-22)12-21-7-9-24-10-8-21/h11,14H,3-10,12-13H2,1-2H3,(H,18,23). The van der Waals surface area contributed by atoms with E-state index in [1.54, 1.807) is 4.68 Å². The molecule has 134 valence electrons. The van der Waals surface area contributed by atoms with Crippen LogP contribution in [0, 0.1) is 5.92 Å². The van der Waals surface area contributed by atoms with Crippen molar-refractivity contribution in [3.05, 3.63) is 11.8 Å². The maximum Gasteiger partial charge on any atom is 0.323 e. The molecule has 0 saturated carbocycles. The summed E-state index contributed by atoms with van der Waals surface area (Å²) in [5, 5.41) is 7.45. The third-order valence-electron chi connectivity index (χ3n) is 4.86. The molecule has 24 heavy (non-hydrogen) atoms. The van der Waals surface area contributed by atoms with Crippen LogP contribution in [-0.4, -0.2) is 71.5 Å². The second-order valence-electron chi connectivity index (χ2n) is 6.84. The molecule has 2 saturated heterocycles. The lowest BCUT2D eigenvalue weighted by Crippen LogP contribution is -2.40. The number of morpholine rings is 1.